The van der Waals surface area contributed by atoms with E-state index in [0.29, 0.717) is 27.8 Å². The Morgan fingerprint density at radius 2 is 1.67 bits per heavy atom. The van der Waals surface area contributed by atoms with E-state index in [2.05, 4.69) is 5.32 Å². The third kappa shape index (κ3) is 9.01. The number of ether oxygens (including phenoxy) is 1. The second-order valence-corrected chi connectivity index (χ2v) is 13.0. The highest BCUT2D eigenvalue weighted by atomic mass is 35.5. The first-order chi connectivity index (χ1) is 19.8. The molecular weight excluding hydrogens is 621 g/mol. The molecular formula is C30H34Cl3N3O5S. The van der Waals surface area contributed by atoms with Crippen LogP contribution in [0.25, 0.3) is 0 Å². The van der Waals surface area contributed by atoms with Crippen molar-refractivity contribution >= 4 is 62.3 Å². The quantitative estimate of drug-likeness (QED) is 0.245. The number of rotatable bonds is 13. The average Bonchev–Trinajstić information content (AvgIpc) is 2.94. The molecule has 0 aliphatic heterocycles. The fraction of sp³-hybridized carbons (Fsp3) is 0.333. The van der Waals surface area contributed by atoms with Crippen LogP contribution < -0.4 is 14.4 Å². The lowest BCUT2D eigenvalue weighted by molar-refractivity contribution is -0.140. The minimum absolute atomic E-state index is 0.0682. The van der Waals surface area contributed by atoms with Crippen molar-refractivity contribution in [3.8, 4) is 5.75 Å². The van der Waals surface area contributed by atoms with Crippen LogP contribution in [0, 0.1) is 0 Å². The molecule has 0 bridgehead atoms. The van der Waals surface area contributed by atoms with Crippen LogP contribution in [-0.2, 0) is 32.6 Å². The summed E-state index contributed by atoms with van der Waals surface area (Å²) in [7, 11) is -2.51. The summed E-state index contributed by atoms with van der Waals surface area (Å²) in [5.74, 6) is -0.632. The summed E-state index contributed by atoms with van der Waals surface area (Å²) in [5.41, 5.74) is 1.54. The lowest BCUT2D eigenvalue weighted by atomic mass is 10.0. The molecule has 3 aromatic carbocycles. The van der Waals surface area contributed by atoms with E-state index in [1.165, 1.54) is 30.2 Å². The Labute approximate surface area is 262 Å². The highest BCUT2D eigenvalue weighted by Gasteiger charge is 2.34. The van der Waals surface area contributed by atoms with E-state index < -0.39 is 28.5 Å². The molecule has 3 aromatic rings. The first-order valence-corrected chi connectivity index (χ1v) is 16.2. The monoisotopic (exact) mass is 653 g/mol. The molecule has 8 nitrogen and oxygen atoms in total. The molecule has 226 valence electrons. The van der Waals surface area contributed by atoms with Gasteiger partial charge in [0, 0.05) is 29.1 Å². The van der Waals surface area contributed by atoms with Crippen LogP contribution in [-0.4, -0.2) is 57.1 Å². The van der Waals surface area contributed by atoms with Crippen molar-refractivity contribution in [2.45, 2.75) is 45.3 Å². The van der Waals surface area contributed by atoms with Gasteiger partial charge in [-0.05, 0) is 54.8 Å². The van der Waals surface area contributed by atoms with Gasteiger partial charge in [0.1, 0.15) is 18.3 Å². The van der Waals surface area contributed by atoms with Crippen molar-refractivity contribution in [1.82, 2.24) is 10.2 Å². The van der Waals surface area contributed by atoms with Crippen molar-refractivity contribution in [2.24, 2.45) is 0 Å². The largest absolute Gasteiger partial charge is 0.495 e. The predicted octanol–water partition coefficient (Wildman–Crippen LogP) is 5.98. The molecule has 12 heteroatoms. The van der Waals surface area contributed by atoms with Crippen LogP contribution in [0.1, 0.15) is 31.4 Å². The minimum atomic E-state index is -3.95. The number of sulfonamides is 1. The molecule has 1 N–H and O–H groups in total. The number of benzene rings is 3. The Morgan fingerprint density at radius 3 is 2.24 bits per heavy atom. The Morgan fingerprint density at radius 1 is 0.976 bits per heavy atom. The second-order valence-electron chi connectivity index (χ2n) is 9.87. The van der Waals surface area contributed by atoms with Crippen molar-refractivity contribution in [2.75, 3.05) is 24.2 Å². The first kappa shape index (κ1) is 33.5. The van der Waals surface area contributed by atoms with Gasteiger partial charge >= 0.3 is 0 Å². The van der Waals surface area contributed by atoms with Gasteiger partial charge in [0.2, 0.25) is 21.8 Å². The van der Waals surface area contributed by atoms with Crippen LogP contribution in [0.15, 0.2) is 66.7 Å². The summed E-state index contributed by atoms with van der Waals surface area (Å²) >= 11 is 18.9. The summed E-state index contributed by atoms with van der Waals surface area (Å²) in [5, 5.41) is 3.88. The summed E-state index contributed by atoms with van der Waals surface area (Å²) in [6, 6.07) is 17.4. The van der Waals surface area contributed by atoms with E-state index in [1.807, 2.05) is 44.2 Å². The van der Waals surface area contributed by atoms with Crippen LogP contribution >= 0.6 is 34.8 Å². The lowest BCUT2D eigenvalue weighted by Gasteiger charge is -2.34. The predicted molar refractivity (Wildman–Crippen MR) is 169 cm³/mol. The van der Waals surface area contributed by atoms with Gasteiger partial charge in [0.05, 0.1) is 24.1 Å². The van der Waals surface area contributed by atoms with E-state index in [0.717, 1.165) is 16.1 Å². The van der Waals surface area contributed by atoms with Gasteiger partial charge in [0.25, 0.3) is 0 Å². The molecule has 0 fully saturated rings. The molecule has 0 unspecified atom stereocenters. The maximum Gasteiger partial charge on any atom is 0.244 e. The van der Waals surface area contributed by atoms with Gasteiger partial charge < -0.3 is 15.0 Å². The molecule has 2 atom stereocenters. The van der Waals surface area contributed by atoms with E-state index in [4.69, 9.17) is 39.5 Å². The number of hydrogen-bond donors (Lipinski definition) is 1. The molecule has 2 amide bonds. The third-order valence-corrected chi connectivity index (χ3v) is 8.75. The van der Waals surface area contributed by atoms with Crippen molar-refractivity contribution in [3.63, 3.8) is 0 Å². The highest BCUT2D eigenvalue weighted by Crippen LogP contribution is 2.31. The summed E-state index contributed by atoms with van der Waals surface area (Å²) in [6.07, 6.45) is 1.87. The first-order valence-electron chi connectivity index (χ1n) is 13.2. The van der Waals surface area contributed by atoms with Crippen LogP contribution in [0.2, 0.25) is 15.1 Å². The van der Waals surface area contributed by atoms with E-state index in [-0.39, 0.29) is 35.6 Å². The lowest BCUT2D eigenvalue weighted by Crippen LogP contribution is -2.54. The Balaban J connectivity index is 2.10. The minimum Gasteiger partial charge on any atom is -0.495 e. The standard InChI is InChI=1S/C30H34Cl3N3O5S/c1-5-20(2)34-30(38)27(15-21-9-7-6-8-10-21)35(18-22-11-12-23(31)16-25(22)32)29(37)19-36(42(4,39)40)24-13-14-28(41-3)26(33)17-24/h6-14,16-17,20,27H,5,15,18-19H2,1-4H3,(H,34,38)/t20-,27-/m0/s1. The van der Waals surface area contributed by atoms with Gasteiger partial charge in [-0.2, -0.15) is 0 Å². The van der Waals surface area contributed by atoms with Crippen molar-refractivity contribution < 1.29 is 22.7 Å². The zero-order chi connectivity index (χ0) is 31.0. The van der Waals surface area contributed by atoms with Crippen LogP contribution in [0.3, 0.4) is 0 Å². The zero-order valence-electron chi connectivity index (χ0n) is 23.8. The normalized spacial score (nSPS) is 12.7. The van der Waals surface area contributed by atoms with Gasteiger partial charge in [-0.3, -0.25) is 13.9 Å². The number of methoxy groups -OCH3 is 1. The molecule has 0 aliphatic rings. The number of halogens is 3. The number of carbonyl (C=O) groups is 2. The summed E-state index contributed by atoms with van der Waals surface area (Å²) in [4.78, 5) is 29.3. The molecule has 0 aliphatic carbocycles. The van der Waals surface area contributed by atoms with Crippen molar-refractivity contribution in [3.05, 3.63) is 92.9 Å². The van der Waals surface area contributed by atoms with Gasteiger partial charge in [-0.15, -0.1) is 0 Å². The summed E-state index contributed by atoms with van der Waals surface area (Å²) in [6.45, 7) is 3.16. The van der Waals surface area contributed by atoms with Gasteiger partial charge in [-0.1, -0.05) is 78.1 Å². The third-order valence-electron chi connectivity index (χ3n) is 6.73. The zero-order valence-corrected chi connectivity index (χ0v) is 26.9. The molecule has 3 rings (SSSR count). The summed E-state index contributed by atoms with van der Waals surface area (Å²) < 4.78 is 32.0. The number of hydrogen-bond acceptors (Lipinski definition) is 5. The number of nitrogens with zero attached hydrogens (tertiary/aromatic N) is 2. The number of nitrogens with one attached hydrogen (secondary N) is 1. The fourth-order valence-corrected chi connectivity index (χ4v) is 5.81. The van der Waals surface area contributed by atoms with Crippen LogP contribution in [0.5, 0.6) is 5.75 Å². The Kier molecular flexibility index (Phi) is 11.9. The Hall–Kier alpha value is -2.98. The van der Waals surface area contributed by atoms with E-state index in [9.17, 15) is 18.0 Å². The van der Waals surface area contributed by atoms with E-state index in [1.54, 1.807) is 18.2 Å². The number of carbonyl (C=O) groups excluding carboxylic acids is 2. The average molecular weight is 655 g/mol. The van der Waals surface area contributed by atoms with E-state index >= 15 is 0 Å². The molecule has 0 saturated carbocycles. The molecule has 0 aromatic heterocycles. The fourth-order valence-electron chi connectivity index (χ4n) is 4.25. The maximum atomic E-state index is 14.2. The topological polar surface area (TPSA) is 96.0 Å². The number of amides is 2. The van der Waals surface area contributed by atoms with Gasteiger partial charge in [0.15, 0.2) is 0 Å². The smallest absolute Gasteiger partial charge is 0.244 e. The molecule has 0 spiro atoms. The highest BCUT2D eigenvalue weighted by molar-refractivity contribution is 7.92. The van der Waals surface area contributed by atoms with Crippen molar-refractivity contribution in [1.29, 1.82) is 0 Å². The second kappa shape index (κ2) is 15.0. The number of anilines is 1. The molecule has 0 heterocycles. The maximum absolute atomic E-state index is 14.2. The van der Waals surface area contributed by atoms with Gasteiger partial charge in [-0.25, -0.2) is 8.42 Å². The molecule has 42 heavy (non-hydrogen) atoms. The van der Waals surface area contributed by atoms with Crippen LogP contribution in [0.4, 0.5) is 5.69 Å². The Bertz CT molecular complexity index is 1510. The SMILES string of the molecule is CC[C@H](C)NC(=O)[C@H](Cc1ccccc1)N(Cc1ccc(Cl)cc1Cl)C(=O)CN(c1ccc(OC)c(Cl)c1)S(C)(=O)=O. The molecule has 0 radical (unpaired) electrons. The molecule has 0 saturated heterocycles.